The van der Waals surface area contributed by atoms with Crippen LogP contribution in [0.1, 0.15) is 35.7 Å². The lowest BCUT2D eigenvalue weighted by atomic mass is 10.00. The van der Waals surface area contributed by atoms with E-state index < -0.39 is 0 Å². The van der Waals surface area contributed by atoms with Crippen molar-refractivity contribution in [3.05, 3.63) is 53.6 Å². The fraction of sp³-hybridized carbons (Fsp3) is 0.364. The van der Waals surface area contributed by atoms with Crippen LogP contribution in [0.15, 0.2) is 42.5 Å². The number of rotatable bonds is 3. The Morgan fingerprint density at radius 2 is 1.85 bits per heavy atom. The number of nitrogens with zero attached hydrogens (tertiary/aromatic N) is 1. The van der Waals surface area contributed by atoms with Gasteiger partial charge in [-0.05, 0) is 47.7 Å². The largest absolute Gasteiger partial charge is 0.493 e. The van der Waals surface area contributed by atoms with Gasteiger partial charge in [0, 0.05) is 38.0 Å². The van der Waals surface area contributed by atoms with E-state index in [0.29, 0.717) is 18.7 Å². The molecule has 1 fully saturated rings. The molecule has 2 aliphatic heterocycles. The number of hydrogen-bond acceptors (Lipinski definition) is 3. The Bertz CT molecular complexity index is 870. The molecule has 0 unspecified atom stereocenters. The van der Waals surface area contributed by atoms with Gasteiger partial charge in [0.2, 0.25) is 5.91 Å². The van der Waals surface area contributed by atoms with Gasteiger partial charge in [-0.3, -0.25) is 9.59 Å². The summed E-state index contributed by atoms with van der Waals surface area (Å²) in [5.74, 6) is 0.987. The number of ether oxygens (including phenoxy) is 1. The van der Waals surface area contributed by atoms with Gasteiger partial charge in [-0.1, -0.05) is 24.3 Å². The summed E-state index contributed by atoms with van der Waals surface area (Å²) in [5, 5.41) is 3.11. The molecule has 4 rings (SSSR count). The molecule has 5 heteroatoms. The highest BCUT2D eigenvalue weighted by Gasteiger charge is 2.22. The van der Waals surface area contributed by atoms with Crippen LogP contribution in [0.3, 0.4) is 0 Å². The van der Waals surface area contributed by atoms with Crippen molar-refractivity contribution in [3.8, 4) is 16.9 Å². The van der Waals surface area contributed by atoms with Crippen molar-refractivity contribution in [2.24, 2.45) is 0 Å². The van der Waals surface area contributed by atoms with Gasteiger partial charge in [-0.25, -0.2) is 0 Å². The number of piperidine rings is 1. The summed E-state index contributed by atoms with van der Waals surface area (Å²) >= 11 is 0. The molecule has 0 atom stereocenters. The van der Waals surface area contributed by atoms with Crippen LogP contribution in [0.5, 0.6) is 5.75 Å². The Labute approximate surface area is 159 Å². The van der Waals surface area contributed by atoms with E-state index in [1.165, 1.54) is 5.56 Å². The summed E-state index contributed by atoms with van der Waals surface area (Å²) in [6.07, 6.45) is 2.56. The zero-order valence-electron chi connectivity index (χ0n) is 15.5. The molecule has 2 amide bonds. The van der Waals surface area contributed by atoms with Crippen LogP contribution in [0.4, 0.5) is 0 Å². The molecule has 140 valence electrons. The monoisotopic (exact) mass is 364 g/mol. The first-order valence-electron chi connectivity index (χ1n) is 9.53. The van der Waals surface area contributed by atoms with E-state index in [0.717, 1.165) is 42.7 Å². The van der Waals surface area contributed by atoms with Crippen molar-refractivity contribution < 1.29 is 14.3 Å². The van der Waals surface area contributed by atoms with E-state index in [1.807, 2.05) is 29.2 Å². The van der Waals surface area contributed by atoms with E-state index in [2.05, 4.69) is 23.5 Å². The standard InChI is InChI=1S/C22H24N2O3/c1-15(25)24-10-7-20(8-11-24)23-22(26)19-4-2-3-17(13-19)18-6-5-16-9-12-27-21(16)14-18/h2-6,13-14,20H,7-12H2,1H3,(H,23,26). The highest BCUT2D eigenvalue weighted by Crippen LogP contribution is 2.31. The summed E-state index contributed by atoms with van der Waals surface area (Å²) in [6, 6.07) is 14.1. The molecule has 0 aromatic heterocycles. The molecule has 0 radical (unpaired) electrons. The Morgan fingerprint density at radius 1 is 1.07 bits per heavy atom. The zero-order valence-corrected chi connectivity index (χ0v) is 15.5. The fourth-order valence-electron chi connectivity index (χ4n) is 3.79. The van der Waals surface area contributed by atoms with Gasteiger partial charge < -0.3 is 15.0 Å². The summed E-state index contributed by atoms with van der Waals surface area (Å²) in [7, 11) is 0. The third kappa shape index (κ3) is 3.82. The lowest BCUT2D eigenvalue weighted by Gasteiger charge is -2.31. The van der Waals surface area contributed by atoms with Crippen LogP contribution >= 0.6 is 0 Å². The molecule has 2 heterocycles. The zero-order chi connectivity index (χ0) is 18.8. The normalized spacial score (nSPS) is 16.6. The third-order valence-electron chi connectivity index (χ3n) is 5.43. The number of benzene rings is 2. The smallest absolute Gasteiger partial charge is 0.251 e. The third-order valence-corrected chi connectivity index (χ3v) is 5.43. The Hall–Kier alpha value is -2.82. The van der Waals surface area contributed by atoms with Crippen molar-refractivity contribution in [1.29, 1.82) is 0 Å². The van der Waals surface area contributed by atoms with Crippen LogP contribution in [0.25, 0.3) is 11.1 Å². The molecular weight excluding hydrogens is 340 g/mol. The Kier molecular flexibility index (Phi) is 4.84. The molecule has 2 aromatic rings. The highest BCUT2D eigenvalue weighted by molar-refractivity contribution is 5.95. The van der Waals surface area contributed by atoms with Gasteiger partial charge in [0.1, 0.15) is 5.75 Å². The minimum atomic E-state index is -0.0597. The van der Waals surface area contributed by atoms with Crippen molar-refractivity contribution >= 4 is 11.8 Å². The van der Waals surface area contributed by atoms with Crippen LogP contribution in [-0.2, 0) is 11.2 Å². The Balaban J connectivity index is 1.45. The molecule has 1 N–H and O–H groups in total. The second kappa shape index (κ2) is 7.43. The minimum Gasteiger partial charge on any atom is -0.493 e. The SMILES string of the molecule is CC(=O)N1CCC(NC(=O)c2cccc(-c3ccc4c(c3)OCC4)c2)CC1. The average molecular weight is 364 g/mol. The first-order chi connectivity index (χ1) is 13.1. The predicted octanol–water partition coefficient (Wildman–Crippen LogP) is 3.03. The Morgan fingerprint density at radius 3 is 2.63 bits per heavy atom. The van der Waals surface area contributed by atoms with Crippen LogP contribution in [0.2, 0.25) is 0 Å². The van der Waals surface area contributed by atoms with Gasteiger partial charge in [-0.15, -0.1) is 0 Å². The molecule has 0 saturated carbocycles. The number of nitrogens with one attached hydrogen (secondary N) is 1. The molecular formula is C22H24N2O3. The maximum atomic E-state index is 12.7. The second-order valence-corrected chi connectivity index (χ2v) is 7.26. The topological polar surface area (TPSA) is 58.6 Å². The molecule has 0 spiro atoms. The van der Waals surface area contributed by atoms with E-state index >= 15 is 0 Å². The van der Waals surface area contributed by atoms with Crippen LogP contribution in [-0.4, -0.2) is 42.5 Å². The van der Waals surface area contributed by atoms with Crippen molar-refractivity contribution in [3.63, 3.8) is 0 Å². The summed E-state index contributed by atoms with van der Waals surface area (Å²) < 4.78 is 5.66. The number of fused-ring (bicyclic) bond motifs is 1. The molecule has 0 bridgehead atoms. The quantitative estimate of drug-likeness (QED) is 0.911. The number of amides is 2. The predicted molar refractivity (Wildman–Crippen MR) is 104 cm³/mol. The minimum absolute atomic E-state index is 0.0597. The molecule has 2 aliphatic rings. The van der Waals surface area contributed by atoms with Crippen LogP contribution in [0, 0.1) is 0 Å². The molecule has 1 saturated heterocycles. The number of carbonyl (C=O) groups excluding carboxylic acids is 2. The van der Waals surface area contributed by atoms with E-state index in [1.54, 1.807) is 6.92 Å². The van der Waals surface area contributed by atoms with Gasteiger partial charge in [-0.2, -0.15) is 0 Å². The van der Waals surface area contributed by atoms with E-state index in [4.69, 9.17) is 4.74 Å². The van der Waals surface area contributed by atoms with E-state index in [-0.39, 0.29) is 17.9 Å². The first kappa shape index (κ1) is 17.6. The molecule has 0 aliphatic carbocycles. The first-order valence-corrected chi connectivity index (χ1v) is 9.53. The number of hydrogen-bond donors (Lipinski definition) is 1. The maximum Gasteiger partial charge on any atom is 0.251 e. The molecule has 27 heavy (non-hydrogen) atoms. The summed E-state index contributed by atoms with van der Waals surface area (Å²) in [4.78, 5) is 25.9. The van der Waals surface area contributed by atoms with Crippen molar-refractivity contribution in [2.45, 2.75) is 32.2 Å². The summed E-state index contributed by atoms with van der Waals surface area (Å²) in [5.41, 5.74) is 3.96. The van der Waals surface area contributed by atoms with Crippen molar-refractivity contribution in [1.82, 2.24) is 10.2 Å². The second-order valence-electron chi connectivity index (χ2n) is 7.26. The molecule has 2 aromatic carbocycles. The average Bonchev–Trinajstić information content (AvgIpc) is 3.16. The fourth-order valence-corrected chi connectivity index (χ4v) is 3.79. The van der Waals surface area contributed by atoms with Gasteiger partial charge >= 0.3 is 0 Å². The molecule has 5 nitrogen and oxygen atoms in total. The van der Waals surface area contributed by atoms with Gasteiger partial charge in [0.25, 0.3) is 5.91 Å². The maximum absolute atomic E-state index is 12.7. The lowest BCUT2D eigenvalue weighted by Crippen LogP contribution is -2.46. The van der Waals surface area contributed by atoms with Gasteiger partial charge in [0.15, 0.2) is 0 Å². The van der Waals surface area contributed by atoms with Crippen molar-refractivity contribution in [2.75, 3.05) is 19.7 Å². The van der Waals surface area contributed by atoms with Crippen LogP contribution < -0.4 is 10.1 Å². The summed E-state index contributed by atoms with van der Waals surface area (Å²) in [6.45, 7) is 3.74. The lowest BCUT2D eigenvalue weighted by molar-refractivity contribution is -0.129. The highest BCUT2D eigenvalue weighted by atomic mass is 16.5. The van der Waals surface area contributed by atoms with Gasteiger partial charge in [0.05, 0.1) is 6.61 Å². The van der Waals surface area contributed by atoms with E-state index in [9.17, 15) is 9.59 Å². The number of likely N-dealkylation sites (tertiary alicyclic amines) is 1. The number of carbonyl (C=O) groups is 2.